The van der Waals surface area contributed by atoms with E-state index in [0.717, 1.165) is 17.5 Å². The van der Waals surface area contributed by atoms with Gasteiger partial charge in [-0.3, -0.25) is 4.98 Å². The molecule has 0 radical (unpaired) electrons. The number of nitrogens with one attached hydrogen (secondary N) is 1. The first-order chi connectivity index (χ1) is 11.0. The molecule has 2 aromatic rings. The summed E-state index contributed by atoms with van der Waals surface area (Å²) >= 11 is 0. The van der Waals surface area contributed by atoms with Crippen molar-refractivity contribution in [3.8, 4) is 0 Å². The Kier molecular flexibility index (Phi) is 4.48. The van der Waals surface area contributed by atoms with Crippen molar-refractivity contribution in [1.29, 1.82) is 0 Å². The Balaban J connectivity index is 2.13. The van der Waals surface area contributed by atoms with Crippen LogP contribution in [-0.2, 0) is 16.6 Å². The van der Waals surface area contributed by atoms with Gasteiger partial charge in [-0.1, -0.05) is 36.8 Å². The zero-order valence-electron chi connectivity index (χ0n) is 13.4. The molecular weight excluding hydrogens is 310 g/mol. The summed E-state index contributed by atoms with van der Waals surface area (Å²) in [5.74, 6) is 0. The average Bonchev–Trinajstić information content (AvgIpc) is 2.54. The molecule has 1 aliphatic rings. The van der Waals surface area contributed by atoms with Crippen LogP contribution in [0.3, 0.4) is 0 Å². The van der Waals surface area contributed by atoms with Crippen LogP contribution in [0.4, 0.5) is 0 Å². The number of pyridine rings is 1. The molecular formula is C17H21N3O2S. The second-order valence-corrected chi connectivity index (χ2v) is 7.46. The fourth-order valence-corrected chi connectivity index (χ4v) is 4.52. The molecule has 0 saturated carbocycles. The van der Waals surface area contributed by atoms with Crippen LogP contribution in [0.2, 0.25) is 0 Å². The predicted molar refractivity (Wildman–Crippen MR) is 90.3 cm³/mol. The van der Waals surface area contributed by atoms with E-state index < -0.39 is 10.2 Å². The summed E-state index contributed by atoms with van der Waals surface area (Å²) < 4.78 is 29.4. The largest absolute Gasteiger partial charge is 0.280 e. The van der Waals surface area contributed by atoms with Gasteiger partial charge in [0.15, 0.2) is 0 Å². The van der Waals surface area contributed by atoms with Crippen LogP contribution in [0.5, 0.6) is 0 Å². The van der Waals surface area contributed by atoms with Crippen LogP contribution in [0.15, 0.2) is 42.7 Å². The summed E-state index contributed by atoms with van der Waals surface area (Å²) in [7, 11) is -3.53. The number of hydrogen-bond donors (Lipinski definition) is 1. The third-order valence-corrected chi connectivity index (χ3v) is 5.78. The lowest BCUT2D eigenvalue weighted by molar-refractivity contribution is 0.338. The first-order valence-corrected chi connectivity index (χ1v) is 9.22. The van der Waals surface area contributed by atoms with Crippen molar-refractivity contribution in [2.45, 2.75) is 26.3 Å². The molecule has 1 N–H and O–H groups in total. The van der Waals surface area contributed by atoms with Crippen molar-refractivity contribution < 1.29 is 8.42 Å². The molecule has 0 saturated heterocycles. The monoisotopic (exact) mass is 331 g/mol. The summed E-state index contributed by atoms with van der Waals surface area (Å²) in [5.41, 5.74) is 4.33. The van der Waals surface area contributed by atoms with Crippen LogP contribution in [0.1, 0.15) is 35.2 Å². The number of aromatic nitrogens is 1. The molecule has 5 nitrogen and oxygen atoms in total. The van der Waals surface area contributed by atoms with E-state index in [1.807, 2.05) is 24.3 Å². The smallest absolute Gasteiger partial charge is 0.264 e. The normalized spacial score (nSPS) is 18.6. The second-order valence-electron chi connectivity index (χ2n) is 5.75. The molecule has 0 aliphatic carbocycles. The van der Waals surface area contributed by atoms with Crippen LogP contribution in [0.25, 0.3) is 0 Å². The molecule has 0 fully saturated rings. The van der Waals surface area contributed by atoms with Crippen molar-refractivity contribution >= 4 is 10.2 Å². The third-order valence-electron chi connectivity index (χ3n) is 4.12. The molecule has 23 heavy (non-hydrogen) atoms. The van der Waals surface area contributed by atoms with E-state index in [4.69, 9.17) is 0 Å². The summed E-state index contributed by atoms with van der Waals surface area (Å²) in [4.78, 5) is 4.17. The van der Waals surface area contributed by atoms with Gasteiger partial charge in [0.2, 0.25) is 0 Å². The minimum Gasteiger partial charge on any atom is -0.264 e. The van der Waals surface area contributed by atoms with Gasteiger partial charge in [0.05, 0.1) is 6.04 Å². The number of nitrogens with zero attached hydrogens (tertiary/aromatic N) is 2. The molecule has 1 aromatic carbocycles. The number of rotatable bonds is 4. The molecule has 122 valence electrons. The zero-order chi connectivity index (χ0) is 16.4. The SMILES string of the molecule is CCNS(=O)(=O)N1CCc2cc(C)ccc2C1c1cccnc1. The van der Waals surface area contributed by atoms with Crippen LogP contribution >= 0.6 is 0 Å². The van der Waals surface area contributed by atoms with Gasteiger partial charge in [0.25, 0.3) is 10.2 Å². The van der Waals surface area contributed by atoms with E-state index in [9.17, 15) is 8.42 Å². The summed E-state index contributed by atoms with van der Waals surface area (Å²) in [6.45, 7) is 4.68. The number of benzene rings is 1. The van der Waals surface area contributed by atoms with Crippen LogP contribution in [-0.4, -0.2) is 30.8 Å². The van der Waals surface area contributed by atoms with E-state index in [1.165, 1.54) is 11.1 Å². The standard InChI is InChI=1S/C17H21N3O2S/c1-3-19-23(21,22)20-10-8-14-11-13(2)6-7-16(14)17(20)15-5-4-9-18-12-15/h4-7,9,11-12,17,19H,3,8,10H2,1-2H3. The van der Waals surface area contributed by atoms with E-state index in [-0.39, 0.29) is 6.04 Å². The van der Waals surface area contributed by atoms with Crippen molar-refractivity contribution in [3.63, 3.8) is 0 Å². The minimum atomic E-state index is -3.53. The Bertz CT molecular complexity index is 791. The van der Waals surface area contributed by atoms with Gasteiger partial charge < -0.3 is 0 Å². The quantitative estimate of drug-likeness (QED) is 0.934. The maximum Gasteiger partial charge on any atom is 0.280 e. The summed E-state index contributed by atoms with van der Waals surface area (Å²) in [6.07, 6.45) is 4.16. The molecule has 1 unspecified atom stereocenters. The minimum absolute atomic E-state index is 0.336. The Morgan fingerprint density at radius 3 is 2.87 bits per heavy atom. The van der Waals surface area contributed by atoms with E-state index in [1.54, 1.807) is 23.6 Å². The lowest BCUT2D eigenvalue weighted by atomic mass is 9.89. The third kappa shape index (κ3) is 3.15. The molecule has 1 aliphatic heterocycles. The topological polar surface area (TPSA) is 62.3 Å². The molecule has 1 aromatic heterocycles. The van der Waals surface area contributed by atoms with Crippen molar-refractivity contribution in [2.75, 3.05) is 13.1 Å². The van der Waals surface area contributed by atoms with Gasteiger partial charge >= 0.3 is 0 Å². The molecule has 2 heterocycles. The maximum atomic E-state index is 12.6. The summed E-state index contributed by atoms with van der Waals surface area (Å²) in [5, 5.41) is 0. The van der Waals surface area contributed by atoms with Gasteiger partial charge in [-0.25, -0.2) is 4.72 Å². The Labute approximate surface area is 137 Å². The highest BCUT2D eigenvalue weighted by atomic mass is 32.2. The fraction of sp³-hybridized carbons (Fsp3) is 0.353. The molecule has 1 atom stereocenters. The van der Waals surface area contributed by atoms with Crippen LogP contribution in [0, 0.1) is 6.92 Å². The van der Waals surface area contributed by atoms with E-state index in [0.29, 0.717) is 13.1 Å². The molecule has 6 heteroatoms. The van der Waals surface area contributed by atoms with Gasteiger partial charge in [0.1, 0.15) is 0 Å². The lowest BCUT2D eigenvalue weighted by Crippen LogP contribution is -2.46. The molecule has 3 rings (SSSR count). The van der Waals surface area contributed by atoms with Gasteiger partial charge in [-0.05, 0) is 36.1 Å². The van der Waals surface area contributed by atoms with E-state index >= 15 is 0 Å². The molecule has 0 bridgehead atoms. The summed E-state index contributed by atoms with van der Waals surface area (Å²) in [6, 6.07) is 9.66. The zero-order valence-corrected chi connectivity index (χ0v) is 14.2. The van der Waals surface area contributed by atoms with Gasteiger partial charge in [-0.15, -0.1) is 0 Å². The lowest BCUT2D eigenvalue weighted by Gasteiger charge is -2.36. The molecule has 0 amide bonds. The van der Waals surface area contributed by atoms with Crippen molar-refractivity contribution in [1.82, 2.24) is 14.0 Å². The Morgan fingerprint density at radius 1 is 1.35 bits per heavy atom. The second kappa shape index (κ2) is 6.39. The highest BCUT2D eigenvalue weighted by Gasteiger charge is 2.36. The fourth-order valence-electron chi connectivity index (χ4n) is 3.14. The number of aryl methyl sites for hydroxylation is 1. The Morgan fingerprint density at radius 2 is 2.17 bits per heavy atom. The maximum absolute atomic E-state index is 12.6. The van der Waals surface area contributed by atoms with Gasteiger partial charge in [-0.2, -0.15) is 12.7 Å². The molecule has 0 spiro atoms. The highest BCUT2D eigenvalue weighted by Crippen LogP contribution is 2.36. The average molecular weight is 331 g/mol. The number of hydrogen-bond acceptors (Lipinski definition) is 3. The predicted octanol–water partition coefficient (Wildman–Crippen LogP) is 2.19. The van der Waals surface area contributed by atoms with Gasteiger partial charge in [0, 0.05) is 25.5 Å². The Hall–Kier alpha value is -1.76. The first-order valence-electron chi connectivity index (χ1n) is 7.78. The van der Waals surface area contributed by atoms with Crippen molar-refractivity contribution in [3.05, 3.63) is 65.0 Å². The highest BCUT2D eigenvalue weighted by molar-refractivity contribution is 7.87. The van der Waals surface area contributed by atoms with Crippen molar-refractivity contribution in [2.24, 2.45) is 0 Å². The van der Waals surface area contributed by atoms with E-state index in [2.05, 4.69) is 22.7 Å². The number of fused-ring (bicyclic) bond motifs is 1. The first kappa shape index (κ1) is 16.1. The van der Waals surface area contributed by atoms with Crippen LogP contribution < -0.4 is 4.72 Å².